The van der Waals surface area contributed by atoms with E-state index in [-0.39, 0.29) is 18.6 Å². The number of amides is 3. The Morgan fingerprint density at radius 3 is 2.44 bits per heavy atom. The molecule has 1 aliphatic heterocycles. The predicted octanol–water partition coefficient (Wildman–Crippen LogP) is 1.92. The highest BCUT2D eigenvalue weighted by atomic mass is 16.5. The predicted molar refractivity (Wildman–Crippen MR) is 118 cm³/mol. The van der Waals surface area contributed by atoms with Gasteiger partial charge in [-0.25, -0.2) is 4.79 Å². The topological polar surface area (TPSA) is 108 Å². The number of hydrogen-bond donors (Lipinski definition) is 3. The first-order valence-corrected chi connectivity index (χ1v) is 10.4. The molecule has 8 heteroatoms. The van der Waals surface area contributed by atoms with Gasteiger partial charge in [-0.3, -0.25) is 9.59 Å². The number of aliphatic hydroxyl groups excluding tert-OH is 1. The van der Waals surface area contributed by atoms with Crippen LogP contribution in [0.3, 0.4) is 0 Å². The van der Waals surface area contributed by atoms with Crippen LogP contribution in [0.25, 0.3) is 0 Å². The van der Waals surface area contributed by atoms with Crippen LogP contribution in [0.2, 0.25) is 0 Å². The van der Waals surface area contributed by atoms with Gasteiger partial charge in [-0.1, -0.05) is 72.8 Å². The highest BCUT2D eigenvalue weighted by Crippen LogP contribution is 2.24. The molecular weight excluding hydrogens is 410 g/mol. The van der Waals surface area contributed by atoms with Crippen LogP contribution in [0, 0.1) is 0 Å². The normalized spacial score (nSPS) is 19.1. The Morgan fingerprint density at radius 2 is 1.78 bits per heavy atom. The number of likely N-dealkylation sites (N-methyl/N-ethyl adjacent to an activating group) is 1. The molecule has 0 aromatic heterocycles. The third-order valence-electron chi connectivity index (χ3n) is 5.21. The zero-order valence-electron chi connectivity index (χ0n) is 17.8. The lowest BCUT2D eigenvalue weighted by Crippen LogP contribution is -2.54. The van der Waals surface area contributed by atoms with Crippen LogP contribution in [0.1, 0.15) is 23.6 Å². The van der Waals surface area contributed by atoms with Gasteiger partial charge in [0, 0.05) is 7.05 Å². The quantitative estimate of drug-likeness (QED) is 0.574. The first-order valence-electron chi connectivity index (χ1n) is 10.4. The Morgan fingerprint density at radius 1 is 1.12 bits per heavy atom. The molecule has 168 valence electrons. The van der Waals surface area contributed by atoms with Gasteiger partial charge >= 0.3 is 6.09 Å². The maximum atomic E-state index is 13.0. The summed E-state index contributed by atoms with van der Waals surface area (Å²) in [6, 6.07) is 16.4. The molecule has 0 saturated heterocycles. The van der Waals surface area contributed by atoms with Crippen LogP contribution in [-0.2, 0) is 20.9 Å². The van der Waals surface area contributed by atoms with E-state index in [2.05, 4.69) is 10.6 Å². The minimum absolute atomic E-state index is 0.0318. The zero-order chi connectivity index (χ0) is 22.9. The minimum atomic E-state index is -1.24. The maximum absolute atomic E-state index is 13.0. The molecule has 3 rings (SSSR count). The van der Waals surface area contributed by atoms with Crippen molar-refractivity contribution < 1.29 is 24.2 Å². The molecule has 0 aliphatic carbocycles. The molecule has 3 N–H and O–H groups in total. The second kappa shape index (κ2) is 11.1. The first kappa shape index (κ1) is 23.0. The summed E-state index contributed by atoms with van der Waals surface area (Å²) in [5.41, 5.74) is 1.75. The summed E-state index contributed by atoms with van der Waals surface area (Å²) in [5.74, 6) is -0.928. The van der Waals surface area contributed by atoms with Gasteiger partial charge in [0.1, 0.15) is 18.7 Å². The summed E-state index contributed by atoms with van der Waals surface area (Å²) in [5, 5.41) is 14.5. The standard InChI is InChI=1S/C24H27N3O5/c1-27-21(18-11-6-3-7-12-18)14-8-13-19(23(27)30)25-22(29)20(15-28)26-24(31)32-16-17-9-4-2-5-10-17/h2-12,14,19-21,28H,13,15-16H2,1H3,(H,25,29)(H,26,31)/t19-,20-,21+/m0/s1. The third kappa shape index (κ3) is 5.95. The Balaban J connectivity index is 1.56. The van der Waals surface area contributed by atoms with Crippen LogP contribution in [0.4, 0.5) is 4.79 Å². The zero-order valence-corrected chi connectivity index (χ0v) is 17.8. The highest BCUT2D eigenvalue weighted by Gasteiger charge is 2.31. The fourth-order valence-corrected chi connectivity index (χ4v) is 3.44. The van der Waals surface area contributed by atoms with Crippen molar-refractivity contribution in [1.82, 2.24) is 15.5 Å². The van der Waals surface area contributed by atoms with Crippen molar-refractivity contribution in [3.63, 3.8) is 0 Å². The van der Waals surface area contributed by atoms with Crippen LogP contribution in [0.15, 0.2) is 72.8 Å². The molecule has 0 unspecified atom stereocenters. The van der Waals surface area contributed by atoms with E-state index in [1.165, 1.54) is 0 Å². The van der Waals surface area contributed by atoms with Crippen LogP contribution in [0.5, 0.6) is 0 Å². The van der Waals surface area contributed by atoms with Crippen LogP contribution in [-0.4, -0.2) is 53.7 Å². The number of nitrogens with one attached hydrogen (secondary N) is 2. The molecule has 2 aromatic rings. The molecule has 3 atom stereocenters. The number of benzene rings is 2. The number of rotatable bonds is 7. The summed E-state index contributed by atoms with van der Waals surface area (Å²) < 4.78 is 5.09. The van der Waals surface area contributed by atoms with Crippen molar-refractivity contribution in [2.45, 2.75) is 31.2 Å². The Kier molecular flexibility index (Phi) is 7.99. The minimum Gasteiger partial charge on any atom is -0.445 e. The van der Waals surface area contributed by atoms with E-state index in [1.807, 2.05) is 60.7 Å². The molecule has 1 aliphatic rings. The second-order valence-electron chi connectivity index (χ2n) is 7.47. The van der Waals surface area contributed by atoms with Crippen molar-refractivity contribution in [3.05, 3.63) is 83.9 Å². The molecule has 0 saturated carbocycles. The van der Waals surface area contributed by atoms with E-state index in [9.17, 15) is 19.5 Å². The lowest BCUT2D eigenvalue weighted by Gasteiger charge is -2.28. The van der Waals surface area contributed by atoms with Crippen molar-refractivity contribution >= 4 is 17.9 Å². The smallest absolute Gasteiger partial charge is 0.408 e. The van der Waals surface area contributed by atoms with Crippen LogP contribution >= 0.6 is 0 Å². The number of carbonyl (C=O) groups is 3. The monoisotopic (exact) mass is 437 g/mol. The summed E-state index contributed by atoms with van der Waals surface area (Å²) in [7, 11) is 1.68. The highest BCUT2D eigenvalue weighted by molar-refractivity contribution is 5.91. The van der Waals surface area contributed by atoms with E-state index < -0.39 is 30.7 Å². The number of aliphatic hydroxyl groups is 1. The van der Waals surface area contributed by atoms with E-state index >= 15 is 0 Å². The molecule has 0 spiro atoms. The Bertz CT molecular complexity index is 949. The molecule has 0 fully saturated rings. The van der Waals surface area contributed by atoms with Crippen molar-refractivity contribution in [2.24, 2.45) is 0 Å². The number of ether oxygens (including phenoxy) is 1. The van der Waals surface area contributed by atoms with Gasteiger partial charge in [0.25, 0.3) is 0 Å². The fraction of sp³-hybridized carbons (Fsp3) is 0.292. The van der Waals surface area contributed by atoms with Gasteiger partial charge < -0.3 is 25.4 Å². The summed E-state index contributed by atoms with van der Waals surface area (Å²) in [6.07, 6.45) is 3.23. The average molecular weight is 437 g/mol. The number of nitrogens with zero attached hydrogens (tertiary/aromatic N) is 1. The van der Waals surface area contributed by atoms with Crippen molar-refractivity contribution in [2.75, 3.05) is 13.7 Å². The summed E-state index contributed by atoms with van der Waals surface area (Å²) in [6.45, 7) is -0.602. The van der Waals surface area contributed by atoms with Gasteiger partial charge in [0.2, 0.25) is 11.8 Å². The maximum Gasteiger partial charge on any atom is 0.408 e. The largest absolute Gasteiger partial charge is 0.445 e. The van der Waals surface area contributed by atoms with E-state index in [0.29, 0.717) is 6.42 Å². The van der Waals surface area contributed by atoms with Gasteiger partial charge in [-0.05, 0) is 17.5 Å². The molecule has 0 bridgehead atoms. The van der Waals surface area contributed by atoms with Gasteiger partial charge in [0.05, 0.1) is 12.6 Å². The number of hydrogen-bond acceptors (Lipinski definition) is 5. The van der Waals surface area contributed by atoms with Gasteiger partial charge in [-0.2, -0.15) is 0 Å². The van der Waals surface area contributed by atoms with Crippen molar-refractivity contribution in [3.8, 4) is 0 Å². The van der Waals surface area contributed by atoms with Gasteiger partial charge in [0.15, 0.2) is 0 Å². The Labute approximate surface area is 186 Å². The molecule has 32 heavy (non-hydrogen) atoms. The lowest BCUT2D eigenvalue weighted by atomic mass is 10.1. The van der Waals surface area contributed by atoms with Gasteiger partial charge in [-0.15, -0.1) is 0 Å². The number of alkyl carbamates (subject to hydrolysis) is 1. The van der Waals surface area contributed by atoms with E-state index in [0.717, 1.165) is 11.1 Å². The first-order chi connectivity index (χ1) is 15.5. The molecular formula is C24H27N3O5. The van der Waals surface area contributed by atoms with E-state index in [4.69, 9.17) is 4.74 Å². The summed E-state index contributed by atoms with van der Waals surface area (Å²) in [4.78, 5) is 39.2. The molecule has 2 aromatic carbocycles. The molecule has 1 heterocycles. The SMILES string of the molecule is CN1C(=O)[C@@H](NC(=O)[C@H](CO)NC(=O)OCc2ccccc2)CC=C[C@@H]1c1ccccc1. The second-order valence-corrected chi connectivity index (χ2v) is 7.47. The third-order valence-corrected chi connectivity index (χ3v) is 5.21. The Hall–Kier alpha value is -3.65. The molecule has 0 radical (unpaired) electrons. The lowest BCUT2D eigenvalue weighted by molar-refractivity contribution is -0.136. The van der Waals surface area contributed by atoms with E-state index in [1.54, 1.807) is 24.1 Å². The number of carbonyl (C=O) groups excluding carboxylic acids is 3. The summed E-state index contributed by atoms with van der Waals surface area (Å²) >= 11 is 0. The molecule has 8 nitrogen and oxygen atoms in total. The average Bonchev–Trinajstić information content (AvgIpc) is 2.96. The fourth-order valence-electron chi connectivity index (χ4n) is 3.44. The van der Waals surface area contributed by atoms with Crippen LogP contribution < -0.4 is 10.6 Å². The van der Waals surface area contributed by atoms with Crippen molar-refractivity contribution in [1.29, 1.82) is 0 Å². The molecule has 3 amide bonds.